The van der Waals surface area contributed by atoms with E-state index in [-0.39, 0.29) is 16.2 Å². The van der Waals surface area contributed by atoms with E-state index in [2.05, 4.69) is 31.4 Å². The number of nitro benzene ring substituents is 1. The van der Waals surface area contributed by atoms with Crippen molar-refractivity contribution in [2.75, 3.05) is 18.4 Å². The fourth-order valence-electron chi connectivity index (χ4n) is 1.41. The standard InChI is InChI=1S/C12H18ClN3O2/c1-12(2,3)15-7-6-14-9-4-5-10(13)11(8-9)16(17)18/h4-5,8,14-15H,6-7H2,1-3H3. The van der Waals surface area contributed by atoms with Crippen molar-refractivity contribution in [1.29, 1.82) is 0 Å². The summed E-state index contributed by atoms with van der Waals surface area (Å²) in [6.45, 7) is 7.72. The fourth-order valence-corrected chi connectivity index (χ4v) is 1.59. The summed E-state index contributed by atoms with van der Waals surface area (Å²) in [5.74, 6) is 0. The first-order valence-electron chi connectivity index (χ1n) is 5.72. The molecule has 6 heteroatoms. The average Bonchev–Trinajstić information content (AvgIpc) is 2.24. The number of nitro groups is 1. The van der Waals surface area contributed by atoms with E-state index < -0.39 is 4.92 Å². The molecular formula is C12H18ClN3O2. The molecule has 0 atom stereocenters. The molecule has 0 bridgehead atoms. The monoisotopic (exact) mass is 271 g/mol. The molecule has 18 heavy (non-hydrogen) atoms. The molecule has 0 heterocycles. The molecule has 0 saturated heterocycles. The van der Waals surface area contributed by atoms with Gasteiger partial charge in [-0.15, -0.1) is 0 Å². The van der Waals surface area contributed by atoms with E-state index >= 15 is 0 Å². The molecule has 5 nitrogen and oxygen atoms in total. The number of nitrogens with one attached hydrogen (secondary N) is 2. The van der Waals surface area contributed by atoms with Crippen molar-refractivity contribution in [3.63, 3.8) is 0 Å². The Labute approximate surface area is 112 Å². The number of hydrogen-bond acceptors (Lipinski definition) is 4. The van der Waals surface area contributed by atoms with E-state index in [9.17, 15) is 10.1 Å². The Morgan fingerprint density at radius 1 is 1.33 bits per heavy atom. The molecule has 100 valence electrons. The highest BCUT2D eigenvalue weighted by molar-refractivity contribution is 6.32. The minimum Gasteiger partial charge on any atom is -0.384 e. The number of hydrogen-bond donors (Lipinski definition) is 2. The Morgan fingerprint density at radius 2 is 2.00 bits per heavy atom. The molecule has 0 spiro atoms. The van der Waals surface area contributed by atoms with Crippen LogP contribution in [0.2, 0.25) is 5.02 Å². The third kappa shape index (κ3) is 4.89. The first kappa shape index (κ1) is 14.7. The maximum Gasteiger partial charge on any atom is 0.289 e. The minimum absolute atomic E-state index is 0.0632. The second-order valence-electron chi connectivity index (χ2n) is 5.03. The molecule has 0 fully saturated rings. The van der Waals surface area contributed by atoms with E-state index in [0.29, 0.717) is 12.2 Å². The van der Waals surface area contributed by atoms with E-state index in [1.165, 1.54) is 12.1 Å². The second kappa shape index (κ2) is 6.02. The second-order valence-corrected chi connectivity index (χ2v) is 5.43. The molecule has 0 aliphatic heterocycles. The Kier molecular flexibility index (Phi) is 4.93. The van der Waals surface area contributed by atoms with Crippen LogP contribution >= 0.6 is 11.6 Å². The molecule has 1 rings (SSSR count). The van der Waals surface area contributed by atoms with Crippen molar-refractivity contribution in [3.05, 3.63) is 33.3 Å². The van der Waals surface area contributed by atoms with Gasteiger partial charge in [0.15, 0.2) is 0 Å². The highest BCUT2D eigenvalue weighted by atomic mass is 35.5. The van der Waals surface area contributed by atoms with Crippen LogP contribution in [-0.4, -0.2) is 23.6 Å². The van der Waals surface area contributed by atoms with Gasteiger partial charge in [0.2, 0.25) is 0 Å². The Balaban J connectivity index is 2.53. The summed E-state index contributed by atoms with van der Waals surface area (Å²) in [6.07, 6.45) is 0. The summed E-state index contributed by atoms with van der Waals surface area (Å²) in [7, 11) is 0. The lowest BCUT2D eigenvalue weighted by molar-refractivity contribution is -0.384. The van der Waals surface area contributed by atoms with Gasteiger partial charge in [0.25, 0.3) is 5.69 Å². The van der Waals surface area contributed by atoms with Gasteiger partial charge >= 0.3 is 0 Å². The molecule has 0 aliphatic carbocycles. The largest absolute Gasteiger partial charge is 0.384 e. The maximum absolute atomic E-state index is 10.7. The van der Waals surface area contributed by atoms with Crippen molar-refractivity contribution in [2.45, 2.75) is 26.3 Å². The van der Waals surface area contributed by atoms with Gasteiger partial charge in [-0.2, -0.15) is 0 Å². The normalized spacial score (nSPS) is 11.3. The Hall–Kier alpha value is -1.33. The average molecular weight is 272 g/mol. The van der Waals surface area contributed by atoms with Crippen LogP contribution < -0.4 is 10.6 Å². The lowest BCUT2D eigenvalue weighted by Gasteiger charge is -2.20. The molecule has 0 saturated carbocycles. The highest BCUT2D eigenvalue weighted by Gasteiger charge is 2.12. The molecule has 0 aliphatic rings. The predicted octanol–water partition coefficient (Wildman–Crippen LogP) is 3.05. The van der Waals surface area contributed by atoms with Crippen molar-refractivity contribution in [1.82, 2.24) is 5.32 Å². The highest BCUT2D eigenvalue weighted by Crippen LogP contribution is 2.27. The van der Waals surface area contributed by atoms with Crippen molar-refractivity contribution >= 4 is 23.0 Å². The molecular weight excluding hydrogens is 254 g/mol. The topological polar surface area (TPSA) is 67.2 Å². The van der Waals surface area contributed by atoms with E-state index in [0.717, 1.165) is 6.54 Å². The summed E-state index contributed by atoms with van der Waals surface area (Å²) in [4.78, 5) is 10.2. The van der Waals surface area contributed by atoms with Gasteiger partial charge in [-0.3, -0.25) is 10.1 Å². The summed E-state index contributed by atoms with van der Waals surface area (Å²) in [5, 5.41) is 17.3. The SMILES string of the molecule is CC(C)(C)NCCNc1ccc(Cl)c([N+](=O)[O-])c1. The fraction of sp³-hybridized carbons (Fsp3) is 0.500. The van der Waals surface area contributed by atoms with E-state index in [1.807, 2.05) is 0 Å². The molecule has 2 N–H and O–H groups in total. The summed E-state index contributed by atoms with van der Waals surface area (Å²) in [6, 6.07) is 4.70. The number of rotatable bonds is 5. The molecule has 0 amide bonds. The smallest absolute Gasteiger partial charge is 0.289 e. The van der Waals surface area contributed by atoms with Crippen LogP contribution in [0.1, 0.15) is 20.8 Å². The zero-order valence-electron chi connectivity index (χ0n) is 10.8. The first-order chi connectivity index (χ1) is 8.29. The first-order valence-corrected chi connectivity index (χ1v) is 6.10. The quantitative estimate of drug-likeness (QED) is 0.491. The van der Waals surface area contributed by atoms with Gasteiger partial charge < -0.3 is 10.6 Å². The minimum atomic E-state index is -0.485. The van der Waals surface area contributed by atoms with E-state index in [4.69, 9.17) is 11.6 Å². The maximum atomic E-state index is 10.7. The van der Waals surface area contributed by atoms with E-state index in [1.54, 1.807) is 6.07 Å². The van der Waals surface area contributed by atoms with Gasteiger partial charge in [-0.1, -0.05) is 11.6 Å². The van der Waals surface area contributed by atoms with Gasteiger partial charge in [0.1, 0.15) is 5.02 Å². The Bertz CT molecular complexity index is 430. The Morgan fingerprint density at radius 3 is 2.56 bits per heavy atom. The summed E-state index contributed by atoms with van der Waals surface area (Å²) in [5.41, 5.74) is 0.681. The van der Waals surface area contributed by atoms with Crippen LogP contribution in [0.5, 0.6) is 0 Å². The van der Waals surface area contributed by atoms with Gasteiger partial charge in [-0.25, -0.2) is 0 Å². The van der Waals surface area contributed by atoms with Crippen molar-refractivity contribution in [3.8, 4) is 0 Å². The number of benzene rings is 1. The zero-order chi connectivity index (χ0) is 13.8. The molecule has 0 unspecified atom stereocenters. The number of anilines is 1. The van der Waals surface area contributed by atoms with Crippen LogP contribution in [0.25, 0.3) is 0 Å². The third-order valence-electron chi connectivity index (χ3n) is 2.25. The molecule has 1 aromatic rings. The molecule has 0 radical (unpaired) electrons. The van der Waals surface area contributed by atoms with Gasteiger partial charge in [-0.05, 0) is 32.9 Å². The zero-order valence-corrected chi connectivity index (χ0v) is 11.5. The lowest BCUT2D eigenvalue weighted by atomic mass is 10.1. The molecule has 1 aromatic carbocycles. The van der Waals surface area contributed by atoms with Crippen LogP contribution in [-0.2, 0) is 0 Å². The lowest BCUT2D eigenvalue weighted by Crippen LogP contribution is -2.38. The predicted molar refractivity (Wildman–Crippen MR) is 74.4 cm³/mol. The number of halogens is 1. The van der Waals surface area contributed by atoms with Gasteiger partial charge in [0.05, 0.1) is 4.92 Å². The number of nitrogens with zero attached hydrogens (tertiary/aromatic N) is 1. The van der Waals surface area contributed by atoms with Crippen molar-refractivity contribution in [2.24, 2.45) is 0 Å². The summed E-state index contributed by atoms with van der Waals surface area (Å²) >= 11 is 5.73. The van der Waals surface area contributed by atoms with Crippen molar-refractivity contribution < 1.29 is 4.92 Å². The summed E-state index contributed by atoms with van der Waals surface area (Å²) < 4.78 is 0. The van der Waals surface area contributed by atoms with Crippen LogP contribution in [0, 0.1) is 10.1 Å². The van der Waals surface area contributed by atoms with Gasteiger partial charge in [0, 0.05) is 30.4 Å². The van der Waals surface area contributed by atoms with Crippen LogP contribution in [0.15, 0.2) is 18.2 Å². The van der Waals surface area contributed by atoms with Crippen LogP contribution in [0.3, 0.4) is 0 Å². The molecule has 0 aromatic heterocycles. The van der Waals surface area contributed by atoms with Crippen LogP contribution in [0.4, 0.5) is 11.4 Å². The third-order valence-corrected chi connectivity index (χ3v) is 2.57.